The molecule has 128 valence electrons. The summed E-state index contributed by atoms with van der Waals surface area (Å²) in [5.74, 6) is 2.19. The highest BCUT2D eigenvalue weighted by atomic mass is 16.6. The van der Waals surface area contributed by atoms with E-state index in [0.29, 0.717) is 38.5 Å². The Hall–Kier alpha value is -1.75. The summed E-state index contributed by atoms with van der Waals surface area (Å²) in [5.41, 5.74) is 1.06. The molecule has 0 saturated carbocycles. The lowest BCUT2D eigenvalue weighted by Crippen LogP contribution is -2.31. The van der Waals surface area contributed by atoms with Crippen LogP contribution in [0.3, 0.4) is 0 Å². The number of carbonyl (C=O) groups is 1. The molecule has 0 aliphatic carbocycles. The molecule has 1 amide bonds. The monoisotopic (exact) mass is 321 g/mol. The summed E-state index contributed by atoms with van der Waals surface area (Å²) < 4.78 is 11.0. The van der Waals surface area contributed by atoms with Gasteiger partial charge in [0.15, 0.2) is 11.5 Å². The van der Waals surface area contributed by atoms with E-state index in [-0.39, 0.29) is 18.4 Å². The van der Waals surface area contributed by atoms with Gasteiger partial charge in [0.2, 0.25) is 5.91 Å². The number of aliphatic hydroxyl groups excluding tert-OH is 1. The molecule has 1 atom stereocenters. The van der Waals surface area contributed by atoms with Gasteiger partial charge in [-0.3, -0.25) is 4.79 Å². The van der Waals surface area contributed by atoms with Gasteiger partial charge in [0, 0.05) is 19.6 Å². The summed E-state index contributed by atoms with van der Waals surface area (Å²) in [5, 5.41) is 12.2. The molecule has 0 radical (unpaired) electrons. The second-order valence-corrected chi connectivity index (χ2v) is 6.46. The quantitative estimate of drug-likeness (QED) is 0.770. The van der Waals surface area contributed by atoms with Crippen LogP contribution < -0.4 is 14.8 Å². The van der Waals surface area contributed by atoms with Crippen molar-refractivity contribution in [2.75, 3.05) is 26.4 Å². The first-order valence-electron chi connectivity index (χ1n) is 8.34. The van der Waals surface area contributed by atoms with Crippen LogP contribution >= 0.6 is 0 Å². The molecule has 23 heavy (non-hydrogen) atoms. The lowest BCUT2D eigenvalue weighted by atomic mass is 9.98. The minimum atomic E-state index is 0.0158. The zero-order chi connectivity index (χ0) is 16.7. The fraction of sp³-hybridized carbons (Fsp3) is 0.611. The van der Waals surface area contributed by atoms with E-state index in [2.05, 4.69) is 19.2 Å². The van der Waals surface area contributed by atoms with Gasteiger partial charge in [0.05, 0.1) is 0 Å². The van der Waals surface area contributed by atoms with Crippen LogP contribution in [0.15, 0.2) is 18.2 Å². The number of ether oxygens (including phenoxy) is 2. The number of fused-ring (bicyclic) bond motifs is 1. The van der Waals surface area contributed by atoms with Crippen LogP contribution in [0.5, 0.6) is 11.5 Å². The molecule has 0 aromatic heterocycles. The third kappa shape index (κ3) is 5.75. The van der Waals surface area contributed by atoms with Gasteiger partial charge in [-0.1, -0.05) is 19.9 Å². The second kappa shape index (κ2) is 8.77. The molecular weight excluding hydrogens is 294 g/mol. The third-order valence-corrected chi connectivity index (χ3v) is 3.90. The molecule has 0 saturated heterocycles. The zero-order valence-electron chi connectivity index (χ0n) is 14.0. The maximum absolute atomic E-state index is 12.0. The van der Waals surface area contributed by atoms with Gasteiger partial charge in [-0.2, -0.15) is 0 Å². The van der Waals surface area contributed by atoms with E-state index in [4.69, 9.17) is 9.47 Å². The molecule has 1 heterocycles. The Kier molecular flexibility index (Phi) is 6.71. The number of nitrogens with one attached hydrogen (secondary N) is 1. The first kappa shape index (κ1) is 17.6. The van der Waals surface area contributed by atoms with E-state index in [9.17, 15) is 9.90 Å². The van der Waals surface area contributed by atoms with E-state index >= 15 is 0 Å². The Balaban J connectivity index is 1.75. The normalized spacial score (nSPS) is 14.6. The van der Waals surface area contributed by atoms with Crippen LogP contribution in [0, 0.1) is 11.8 Å². The van der Waals surface area contributed by atoms with Gasteiger partial charge in [-0.25, -0.2) is 0 Å². The van der Waals surface area contributed by atoms with Gasteiger partial charge < -0.3 is 19.9 Å². The number of benzene rings is 1. The van der Waals surface area contributed by atoms with Crippen LogP contribution in [-0.2, 0) is 11.2 Å². The van der Waals surface area contributed by atoms with E-state index in [1.54, 1.807) is 0 Å². The molecule has 2 rings (SSSR count). The summed E-state index contributed by atoms with van der Waals surface area (Å²) in [4.78, 5) is 12.0. The number of aliphatic hydroxyl groups is 1. The van der Waals surface area contributed by atoms with Crippen LogP contribution in [-0.4, -0.2) is 37.4 Å². The molecule has 1 aliphatic heterocycles. The van der Waals surface area contributed by atoms with Crippen LogP contribution in [0.4, 0.5) is 0 Å². The van der Waals surface area contributed by atoms with Crippen molar-refractivity contribution in [3.63, 3.8) is 0 Å². The number of hydrogen-bond acceptors (Lipinski definition) is 4. The standard InChI is InChI=1S/C18H27NO4/c1-13(2)9-15(12-20)11-19-18(21)6-4-14-3-5-16-17(10-14)23-8-7-22-16/h3,5,10,13,15,20H,4,6-9,11-12H2,1-2H3,(H,19,21). The second-order valence-electron chi connectivity index (χ2n) is 6.46. The molecule has 0 bridgehead atoms. The smallest absolute Gasteiger partial charge is 0.220 e. The van der Waals surface area contributed by atoms with E-state index in [1.165, 1.54) is 0 Å². The summed E-state index contributed by atoms with van der Waals surface area (Å²) in [6, 6.07) is 5.80. The van der Waals surface area contributed by atoms with E-state index < -0.39 is 0 Å². The van der Waals surface area contributed by atoms with Crippen LogP contribution in [0.25, 0.3) is 0 Å². The van der Waals surface area contributed by atoms with Crippen LogP contribution in [0.2, 0.25) is 0 Å². The molecule has 0 fully saturated rings. The van der Waals surface area contributed by atoms with Crippen molar-refractivity contribution in [3.8, 4) is 11.5 Å². The molecule has 5 nitrogen and oxygen atoms in total. The molecule has 1 aliphatic rings. The van der Waals surface area contributed by atoms with Crippen LogP contribution in [0.1, 0.15) is 32.3 Å². The predicted molar refractivity (Wildman–Crippen MR) is 88.8 cm³/mol. The summed E-state index contributed by atoms with van der Waals surface area (Å²) in [7, 11) is 0. The SMILES string of the molecule is CC(C)CC(CO)CNC(=O)CCc1ccc2c(c1)OCCO2. The number of aryl methyl sites for hydroxylation is 1. The predicted octanol–water partition coefficient (Wildman–Crippen LogP) is 2.16. The van der Waals surface area contributed by atoms with Crippen molar-refractivity contribution >= 4 is 5.91 Å². The average molecular weight is 321 g/mol. The fourth-order valence-corrected chi connectivity index (χ4v) is 2.74. The lowest BCUT2D eigenvalue weighted by Gasteiger charge is -2.19. The van der Waals surface area contributed by atoms with Gasteiger partial charge in [0.1, 0.15) is 13.2 Å². The molecule has 2 N–H and O–H groups in total. The minimum Gasteiger partial charge on any atom is -0.486 e. The number of hydrogen-bond donors (Lipinski definition) is 2. The first-order chi connectivity index (χ1) is 11.1. The van der Waals surface area contributed by atoms with Crippen molar-refractivity contribution in [2.24, 2.45) is 11.8 Å². The highest BCUT2D eigenvalue weighted by molar-refractivity contribution is 5.76. The Labute approximate surface area is 138 Å². The highest BCUT2D eigenvalue weighted by Gasteiger charge is 2.13. The largest absolute Gasteiger partial charge is 0.486 e. The molecule has 1 aromatic rings. The van der Waals surface area contributed by atoms with E-state index in [0.717, 1.165) is 23.5 Å². The third-order valence-electron chi connectivity index (χ3n) is 3.90. The number of carbonyl (C=O) groups excluding carboxylic acids is 1. The van der Waals surface area contributed by atoms with Gasteiger partial charge in [-0.15, -0.1) is 0 Å². The maximum atomic E-state index is 12.0. The topological polar surface area (TPSA) is 67.8 Å². The Bertz CT molecular complexity index is 516. The molecule has 0 spiro atoms. The molecule has 1 aromatic carbocycles. The Morgan fingerprint density at radius 1 is 1.26 bits per heavy atom. The number of amides is 1. The number of rotatable bonds is 8. The van der Waals surface area contributed by atoms with Gasteiger partial charge >= 0.3 is 0 Å². The van der Waals surface area contributed by atoms with Crippen molar-refractivity contribution in [1.29, 1.82) is 0 Å². The van der Waals surface area contributed by atoms with Crippen molar-refractivity contribution in [1.82, 2.24) is 5.32 Å². The molecule has 5 heteroatoms. The molecule has 1 unspecified atom stereocenters. The zero-order valence-corrected chi connectivity index (χ0v) is 14.0. The van der Waals surface area contributed by atoms with Gasteiger partial charge in [-0.05, 0) is 42.4 Å². The van der Waals surface area contributed by atoms with Crippen molar-refractivity contribution in [2.45, 2.75) is 33.1 Å². The average Bonchev–Trinajstić information content (AvgIpc) is 2.56. The molecular formula is C18H27NO4. The Morgan fingerprint density at radius 3 is 2.70 bits per heavy atom. The fourth-order valence-electron chi connectivity index (χ4n) is 2.74. The van der Waals surface area contributed by atoms with Crippen molar-refractivity contribution < 1.29 is 19.4 Å². The minimum absolute atomic E-state index is 0.0158. The highest BCUT2D eigenvalue weighted by Crippen LogP contribution is 2.31. The van der Waals surface area contributed by atoms with Gasteiger partial charge in [0.25, 0.3) is 0 Å². The summed E-state index contributed by atoms with van der Waals surface area (Å²) in [6.45, 7) is 6.03. The summed E-state index contributed by atoms with van der Waals surface area (Å²) in [6.07, 6.45) is 2.01. The van der Waals surface area contributed by atoms with Crippen molar-refractivity contribution in [3.05, 3.63) is 23.8 Å². The van der Waals surface area contributed by atoms with E-state index in [1.807, 2.05) is 18.2 Å². The maximum Gasteiger partial charge on any atom is 0.220 e. The lowest BCUT2D eigenvalue weighted by molar-refractivity contribution is -0.121. The first-order valence-corrected chi connectivity index (χ1v) is 8.34. The Morgan fingerprint density at radius 2 is 2.00 bits per heavy atom. The summed E-state index contributed by atoms with van der Waals surface area (Å²) >= 11 is 0.